The molecule has 1 aliphatic carbocycles. The van der Waals surface area contributed by atoms with Crippen molar-refractivity contribution < 1.29 is 9.53 Å². The van der Waals surface area contributed by atoms with Gasteiger partial charge in [-0.05, 0) is 17.9 Å². The van der Waals surface area contributed by atoms with Gasteiger partial charge in [-0.3, -0.25) is 4.79 Å². The second-order valence-corrected chi connectivity index (χ2v) is 4.92. The van der Waals surface area contributed by atoms with Crippen molar-refractivity contribution in [3.8, 4) is 0 Å². The maximum atomic E-state index is 11.2. The van der Waals surface area contributed by atoms with E-state index >= 15 is 0 Å². The topological polar surface area (TPSA) is 26.3 Å². The fraction of sp³-hybridized carbons (Fsp3) is 0.700. The minimum Gasteiger partial charge on any atom is -0.457 e. The van der Waals surface area contributed by atoms with Crippen LogP contribution >= 0.6 is 11.6 Å². The monoisotopic (exact) mass is 200 g/mol. The van der Waals surface area contributed by atoms with Crippen LogP contribution in [0.1, 0.15) is 20.3 Å². The summed E-state index contributed by atoms with van der Waals surface area (Å²) in [6, 6.07) is 0. The summed E-state index contributed by atoms with van der Waals surface area (Å²) in [6.45, 7) is 4.26. The lowest BCUT2D eigenvalue weighted by Gasteiger charge is -2.36. The van der Waals surface area contributed by atoms with Crippen molar-refractivity contribution in [3.63, 3.8) is 0 Å². The molecule has 1 saturated heterocycles. The van der Waals surface area contributed by atoms with Crippen LogP contribution in [-0.4, -0.2) is 17.5 Å². The van der Waals surface area contributed by atoms with Gasteiger partial charge >= 0.3 is 5.97 Å². The van der Waals surface area contributed by atoms with Crippen molar-refractivity contribution in [2.75, 3.05) is 0 Å². The van der Waals surface area contributed by atoms with E-state index in [4.69, 9.17) is 16.3 Å². The molecule has 72 valence electrons. The van der Waals surface area contributed by atoms with Crippen LogP contribution in [0.4, 0.5) is 0 Å². The molecule has 13 heavy (non-hydrogen) atoms. The van der Waals surface area contributed by atoms with E-state index in [-0.39, 0.29) is 23.4 Å². The summed E-state index contributed by atoms with van der Waals surface area (Å²) in [5, 5.41) is -0.468. The minimum absolute atomic E-state index is 0.0675. The van der Waals surface area contributed by atoms with E-state index in [1.54, 1.807) is 0 Å². The first-order chi connectivity index (χ1) is 6.02. The van der Waals surface area contributed by atoms with Crippen LogP contribution in [0.3, 0.4) is 0 Å². The van der Waals surface area contributed by atoms with Crippen molar-refractivity contribution in [2.45, 2.75) is 31.7 Å². The van der Waals surface area contributed by atoms with Crippen LogP contribution < -0.4 is 0 Å². The quantitative estimate of drug-likeness (QED) is 0.340. The van der Waals surface area contributed by atoms with E-state index < -0.39 is 5.38 Å². The van der Waals surface area contributed by atoms with Crippen LogP contribution in [0.25, 0.3) is 0 Å². The Balaban J connectivity index is 2.34. The molecular formula is C10H13ClO2. The van der Waals surface area contributed by atoms with E-state index in [1.807, 2.05) is 6.08 Å². The van der Waals surface area contributed by atoms with Gasteiger partial charge in [-0.25, -0.2) is 0 Å². The van der Waals surface area contributed by atoms with Crippen molar-refractivity contribution in [2.24, 2.45) is 11.3 Å². The first-order valence-electron chi connectivity index (χ1n) is 4.53. The lowest BCUT2D eigenvalue weighted by Crippen LogP contribution is -2.37. The van der Waals surface area contributed by atoms with E-state index in [0.717, 1.165) is 6.42 Å². The van der Waals surface area contributed by atoms with Gasteiger partial charge in [0.2, 0.25) is 0 Å². The molecule has 0 unspecified atom stereocenters. The Kier molecular flexibility index (Phi) is 1.91. The highest BCUT2D eigenvalue weighted by atomic mass is 35.5. The van der Waals surface area contributed by atoms with Gasteiger partial charge in [0, 0.05) is 5.92 Å². The number of halogens is 1. The normalized spacial score (nSPS) is 41.5. The highest BCUT2D eigenvalue weighted by molar-refractivity contribution is 6.30. The summed E-state index contributed by atoms with van der Waals surface area (Å²) in [4.78, 5) is 11.2. The summed E-state index contributed by atoms with van der Waals surface area (Å²) in [5.41, 5.74) is 0.0675. The first kappa shape index (κ1) is 9.07. The summed E-state index contributed by atoms with van der Waals surface area (Å²) >= 11 is 6.01. The molecule has 2 rings (SSSR count). The number of allylic oxidation sites excluding steroid dienone is 1. The highest BCUT2D eigenvalue weighted by Crippen LogP contribution is 2.46. The fourth-order valence-electron chi connectivity index (χ4n) is 2.23. The van der Waals surface area contributed by atoms with Gasteiger partial charge in [-0.15, -0.1) is 11.6 Å². The molecule has 1 fully saturated rings. The summed E-state index contributed by atoms with van der Waals surface area (Å²) in [5.74, 6) is -0.136. The Morgan fingerprint density at radius 1 is 1.62 bits per heavy atom. The van der Waals surface area contributed by atoms with Gasteiger partial charge in [-0.2, -0.15) is 0 Å². The molecule has 0 aromatic heterocycles. The zero-order valence-electron chi connectivity index (χ0n) is 7.79. The largest absolute Gasteiger partial charge is 0.457 e. The second-order valence-electron chi connectivity index (χ2n) is 4.45. The predicted molar refractivity (Wildman–Crippen MR) is 50.5 cm³/mol. The minimum atomic E-state index is -0.468. The van der Waals surface area contributed by atoms with Crippen LogP contribution in [0.2, 0.25) is 0 Å². The SMILES string of the molecule is CC1(C)CC=C[C@H]2OC(=O)[C@H](Cl)[C@H]21. The Morgan fingerprint density at radius 2 is 2.31 bits per heavy atom. The van der Waals surface area contributed by atoms with Crippen molar-refractivity contribution in [3.05, 3.63) is 12.2 Å². The maximum Gasteiger partial charge on any atom is 0.325 e. The molecule has 1 aliphatic heterocycles. The number of esters is 1. The van der Waals surface area contributed by atoms with Gasteiger partial charge in [0.25, 0.3) is 0 Å². The van der Waals surface area contributed by atoms with Gasteiger partial charge in [0.1, 0.15) is 11.5 Å². The van der Waals surface area contributed by atoms with E-state index in [0.29, 0.717) is 0 Å². The zero-order chi connectivity index (χ0) is 9.64. The summed E-state index contributed by atoms with van der Waals surface area (Å²) in [7, 11) is 0. The maximum absolute atomic E-state index is 11.2. The molecule has 0 saturated carbocycles. The molecule has 0 radical (unpaired) electrons. The molecule has 2 nitrogen and oxygen atoms in total. The zero-order valence-corrected chi connectivity index (χ0v) is 8.54. The van der Waals surface area contributed by atoms with Crippen LogP contribution in [0, 0.1) is 11.3 Å². The fourth-order valence-corrected chi connectivity index (χ4v) is 2.76. The van der Waals surface area contributed by atoms with Crippen molar-refractivity contribution >= 4 is 17.6 Å². The molecule has 2 aliphatic rings. The molecule has 0 amide bonds. The molecule has 3 heteroatoms. The lowest BCUT2D eigenvalue weighted by atomic mass is 9.70. The summed E-state index contributed by atoms with van der Waals surface area (Å²) < 4.78 is 5.16. The number of fused-ring (bicyclic) bond motifs is 1. The predicted octanol–water partition coefficient (Wildman–Crippen LogP) is 2.12. The third kappa shape index (κ3) is 1.28. The Hall–Kier alpha value is -0.500. The molecular weight excluding hydrogens is 188 g/mol. The number of hydrogen-bond donors (Lipinski definition) is 0. The number of carbonyl (C=O) groups is 1. The van der Waals surface area contributed by atoms with Crippen LogP contribution in [0.15, 0.2) is 12.2 Å². The average Bonchev–Trinajstić information content (AvgIpc) is 2.28. The first-order valence-corrected chi connectivity index (χ1v) is 4.97. The second kappa shape index (κ2) is 2.74. The van der Waals surface area contributed by atoms with E-state index in [1.165, 1.54) is 0 Å². The van der Waals surface area contributed by atoms with E-state index in [2.05, 4.69) is 19.9 Å². The summed E-state index contributed by atoms with van der Waals surface area (Å²) in [6.07, 6.45) is 4.90. The number of ether oxygens (including phenoxy) is 1. The van der Waals surface area contributed by atoms with Gasteiger partial charge < -0.3 is 4.74 Å². The van der Waals surface area contributed by atoms with Crippen LogP contribution in [0.5, 0.6) is 0 Å². The van der Waals surface area contributed by atoms with Gasteiger partial charge in [0.15, 0.2) is 0 Å². The third-order valence-corrected chi connectivity index (χ3v) is 3.47. The highest BCUT2D eigenvalue weighted by Gasteiger charge is 2.51. The smallest absolute Gasteiger partial charge is 0.325 e. The third-order valence-electron chi connectivity index (χ3n) is 3.02. The molecule has 1 heterocycles. The van der Waals surface area contributed by atoms with Crippen LogP contribution in [-0.2, 0) is 9.53 Å². The molecule has 0 aromatic carbocycles. The lowest BCUT2D eigenvalue weighted by molar-refractivity contribution is -0.139. The Morgan fingerprint density at radius 3 is 2.92 bits per heavy atom. The molecule has 0 spiro atoms. The molecule has 3 atom stereocenters. The number of alkyl halides is 1. The number of carbonyl (C=O) groups excluding carboxylic acids is 1. The van der Waals surface area contributed by atoms with Crippen molar-refractivity contribution in [1.29, 1.82) is 0 Å². The molecule has 0 bridgehead atoms. The Labute approximate surface area is 82.9 Å². The molecule has 0 N–H and O–H groups in total. The van der Waals surface area contributed by atoms with Gasteiger partial charge in [0.05, 0.1) is 0 Å². The number of rotatable bonds is 0. The van der Waals surface area contributed by atoms with Crippen molar-refractivity contribution in [1.82, 2.24) is 0 Å². The van der Waals surface area contributed by atoms with E-state index in [9.17, 15) is 4.79 Å². The average molecular weight is 201 g/mol. The Bertz CT molecular complexity index is 270. The van der Waals surface area contributed by atoms with Gasteiger partial charge in [-0.1, -0.05) is 19.9 Å². The standard InChI is InChI=1S/C10H13ClO2/c1-10(2)5-3-4-6-7(10)8(11)9(12)13-6/h3-4,6-8H,5H2,1-2H3/t6-,7+,8-/m1/s1. The molecule has 0 aromatic rings. The number of hydrogen-bond acceptors (Lipinski definition) is 2.